The van der Waals surface area contributed by atoms with E-state index in [-0.39, 0.29) is 16.0 Å². The van der Waals surface area contributed by atoms with Gasteiger partial charge < -0.3 is 10.0 Å². The molecule has 1 aliphatic heterocycles. The van der Waals surface area contributed by atoms with E-state index in [1.54, 1.807) is 5.01 Å². The van der Waals surface area contributed by atoms with E-state index in [0.717, 1.165) is 13.1 Å². The van der Waals surface area contributed by atoms with Crippen molar-refractivity contribution in [2.24, 2.45) is 0 Å². The first-order valence-corrected chi connectivity index (χ1v) is 8.17. The van der Waals surface area contributed by atoms with Gasteiger partial charge in [-0.25, -0.2) is 17.8 Å². The lowest BCUT2D eigenvalue weighted by Gasteiger charge is -2.32. The van der Waals surface area contributed by atoms with Gasteiger partial charge in [-0.1, -0.05) is 0 Å². The summed E-state index contributed by atoms with van der Waals surface area (Å²) in [5.74, 6) is -0.573. The highest BCUT2D eigenvalue weighted by Crippen LogP contribution is 2.19. The van der Waals surface area contributed by atoms with Gasteiger partial charge in [0.25, 0.3) is 10.0 Å². The van der Waals surface area contributed by atoms with Gasteiger partial charge in [-0.05, 0) is 31.7 Å². The predicted molar refractivity (Wildman–Crippen MR) is 76.5 cm³/mol. The fourth-order valence-corrected chi connectivity index (χ4v) is 3.45. The summed E-state index contributed by atoms with van der Waals surface area (Å²) in [4.78, 5) is 4.58. The Bertz CT molecular complexity index is 613. The lowest BCUT2D eigenvalue weighted by Crippen LogP contribution is -2.52. The van der Waals surface area contributed by atoms with Crippen LogP contribution < -0.4 is 4.83 Å². The summed E-state index contributed by atoms with van der Waals surface area (Å²) in [5, 5.41) is 10.7. The Morgan fingerprint density at radius 1 is 1.29 bits per heavy atom. The number of rotatable bonds is 4. The molecule has 0 spiro atoms. The highest BCUT2D eigenvalue weighted by Gasteiger charge is 2.23. The first kappa shape index (κ1) is 16.3. The summed E-state index contributed by atoms with van der Waals surface area (Å²) < 4.78 is 38.4. The zero-order valence-corrected chi connectivity index (χ0v) is 13.0. The molecule has 0 aromatic heterocycles. The molecule has 8 heteroatoms. The maximum Gasteiger partial charge on any atom is 0.253 e. The number of aliphatic hydroxyl groups excluding tert-OH is 1. The van der Waals surface area contributed by atoms with Crippen LogP contribution in [-0.2, 0) is 16.6 Å². The number of nitrogens with one attached hydrogen (secondary N) is 1. The van der Waals surface area contributed by atoms with E-state index in [9.17, 15) is 12.8 Å². The number of benzene rings is 1. The van der Waals surface area contributed by atoms with Crippen LogP contribution in [0.15, 0.2) is 17.0 Å². The molecule has 0 bridgehead atoms. The summed E-state index contributed by atoms with van der Waals surface area (Å²) in [5.41, 5.74) is 0.175. The molecule has 1 heterocycles. The van der Waals surface area contributed by atoms with E-state index in [4.69, 9.17) is 5.11 Å². The summed E-state index contributed by atoms with van der Waals surface area (Å²) >= 11 is 0. The minimum Gasteiger partial charge on any atom is -0.392 e. The van der Waals surface area contributed by atoms with Crippen molar-refractivity contribution < 1.29 is 17.9 Å². The predicted octanol–water partition coefficient (Wildman–Crippen LogP) is 0.0671. The number of aliphatic hydroxyl groups is 1. The Hall–Kier alpha value is -1.06. The molecule has 0 aliphatic carbocycles. The van der Waals surface area contributed by atoms with Crippen molar-refractivity contribution in [3.05, 3.63) is 29.1 Å². The Morgan fingerprint density at radius 2 is 1.90 bits per heavy atom. The van der Waals surface area contributed by atoms with Gasteiger partial charge in [-0.3, -0.25) is 0 Å². The van der Waals surface area contributed by atoms with Gasteiger partial charge in [-0.15, -0.1) is 4.83 Å². The SMILES string of the molecule is Cc1cc(S(=O)(=O)NN2CCN(C)CC2)cc(CO)c1F. The summed E-state index contributed by atoms with van der Waals surface area (Å²) in [7, 11) is -1.79. The zero-order valence-electron chi connectivity index (χ0n) is 12.1. The average Bonchev–Trinajstić information content (AvgIpc) is 2.44. The van der Waals surface area contributed by atoms with E-state index in [0.29, 0.717) is 13.1 Å². The molecule has 118 valence electrons. The van der Waals surface area contributed by atoms with Crippen LogP contribution in [0.4, 0.5) is 4.39 Å². The second-order valence-electron chi connectivity index (χ2n) is 5.26. The quantitative estimate of drug-likeness (QED) is 0.822. The normalized spacial score (nSPS) is 18.1. The van der Waals surface area contributed by atoms with E-state index in [1.165, 1.54) is 19.1 Å². The molecule has 0 saturated carbocycles. The summed E-state index contributed by atoms with van der Waals surface area (Å²) in [6, 6.07) is 2.44. The molecule has 1 saturated heterocycles. The minimum atomic E-state index is -3.77. The Morgan fingerprint density at radius 3 is 2.48 bits per heavy atom. The average molecular weight is 317 g/mol. The number of hydrazine groups is 1. The van der Waals surface area contributed by atoms with Gasteiger partial charge >= 0.3 is 0 Å². The Kier molecular flexibility index (Phi) is 4.95. The molecule has 0 radical (unpaired) electrons. The second kappa shape index (κ2) is 6.37. The van der Waals surface area contributed by atoms with E-state index in [1.807, 2.05) is 7.05 Å². The maximum absolute atomic E-state index is 13.7. The number of aryl methyl sites for hydroxylation is 1. The monoisotopic (exact) mass is 317 g/mol. The van der Waals surface area contributed by atoms with E-state index >= 15 is 0 Å². The first-order chi connectivity index (χ1) is 9.83. The van der Waals surface area contributed by atoms with Crippen molar-refractivity contribution in [2.75, 3.05) is 33.2 Å². The summed E-state index contributed by atoms with van der Waals surface area (Å²) in [6.45, 7) is 3.65. The van der Waals surface area contributed by atoms with Crippen LogP contribution in [-0.4, -0.2) is 56.7 Å². The van der Waals surface area contributed by atoms with Crippen LogP contribution in [0.25, 0.3) is 0 Å². The number of hydrogen-bond acceptors (Lipinski definition) is 5. The fraction of sp³-hybridized carbons (Fsp3) is 0.538. The van der Waals surface area contributed by atoms with Gasteiger partial charge in [0.1, 0.15) is 5.82 Å². The van der Waals surface area contributed by atoms with Gasteiger partial charge in [0.05, 0.1) is 11.5 Å². The molecule has 2 N–H and O–H groups in total. The largest absolute Gasteiger partial charge is 0.392 e. The number of piperazine rings is 1. The fourth-order valence-electron chi connectivity index (χ4n) is 2.20. The molecule has 6 nitrogen and oxygen atoms in total. The minimum absolute atomic E-state index is 0.0197. The lowest BCUT2D eigenvalue weighted by molar-refractivity contribution is 0.135. The molecule has 2 rings (SSSR count). The van der Waals surface area contributed by atoms with Crippen LogP contribution in [0, 0.1) is 12.7 Å². The Balaban J connectivity index is 2.21. The molecular weight excluding hydrogens is 297 g/mol. The zero-order chi connectivity index (χ0) is 15.6. The van der Waals surface area contributed by atoms with Crippen molar-refractivity contribution in [3.63, 3.8) is 0 Å². The molecule has 21 heavy (non-hydrogen) atoms. The van der Waals surface area contributed by atoms with Crippen molar-refractivity contribution >= 4 is 10.0 Å². The van der Waals surface area contributed by atoms with Gasteiger partial charge in [0.15, 0.2) is 0 Å². The second-order valence-corrected chi connectivity index (χ2v) is 6.92. The smallest absolute Gasteiger partial charge is 0.253 e. The van der Waals surface area contributed by atoms with Crippen molar-refractivity contribution in [2.45, 2.75) is 18.4 Å². The highest BCUT2D eigenvalue weighted by atomic mass is 32.2. The number of likely N-dealkylation sites (N-methyl/N-ethyl adjacent to an activating group) is 1. The topological polar surface area (TPSA) is 72.9 Å². The molecule has 0 atom stereocenters. The standard InChI is InChI=1S/C13H20FN3O3S/c1-10-7-12(8-11(9-18)13(10)14)21(19,20)15-17-5-3-16(2)4-6-17/h7-8,15,18H,3-6,9H2,1-2H3. The molecule has 0 unspecified atom stereocenters. The third-order valence-electron chi connectivity index (χ3n) is 3.54. The molecule has 1 aliphatic rings. The molecule has 1 aromatic rings. The van der Waals surface area contributed by atoms with Crippen molar-refractivity contribution in [1.29, 1.82) is 0 Å². The third-order valence-corrected chi connectivity index (χ3v) is 4.89. The first-order valence-electron chi connectivity index (χ1n) is 6.69. The molecular formula is C13H20FN3O3S. The number of halogens is 1. The molecule has 1 fully saturated rings. The van der Waals surface area contributed by atoms with Crippen LogP contribution in [0.2, 0.25) is 0 Å². The number of nitrogens with zero attached hydrogens (tertiary/aromatic N) is 2. The molecule has 0 amide bonds. The number of hydrogen-bond donors (Lipinski definition) is 2. The Labute approximate surface area is 124 Å². The summed E-state index contributed by atoms with van der Waals surface area (Å²) in [6.07, 6.45) is 0. The van der Waals surface area contributed by atoms with Crippen molar-refractivity contribution in [3.8, 4) is 0 Å². The van der Waals surface area contributed by atoms with Crippen molar-refractivity contribution in [1.82, 2.24) is 14.7 Å². The van der Waals surface area contributed by atoms with E-state index in [2.05, 4.69) is 9.73 Å². The number of sulfonamides is 1. The highest BCUT2D eigenvalue weighted by molar-refractivity contribution is 7.89. The van der Waals surface area contributed by atoms with E-state index < -0.39 is 22.4 Å². The maximum atomic E-state index is 13.7. The molecule has 1 aromatic carbocycles. The van der Waals surface area contributed by atoms with Crippen LogP contribution >= 0.6 is 0 Å². The van der Waals surface area contributed by atoms with Crippen LogP contribution in [0.3, 0.4) is 0 Å². The lowest BCUT2D eigenvalue weighted by atomic mass is 10.1. The third kappa shape index (κ3) is 3.78. The van der Waals surface area contributed by atoms with Gasteiger partial charge in [0.2, 0.25) is 0 Å². The van der Waals surface area contributed by atoms with Gasteiger partial charge in [-0.2, -0.15) is 0 Å². The van der Waals surface area contributed by atoms with Gasteiger partial charge in [0, 0.05) is 31.7 Å². The van der Waals surface area contributed by atoms with Crippen LogP contribution in [0.1, 0.15) is 11.1 Å². The van der Waals surface area contributed by atoms with Crippen LogP contribution in [0.5, 0.6) is 0 Å².